The summed E-state index contributed by atoms with van der Waals surface area (Å²) in [5, 5.41) is 0. The molecule has 20 heavy (non-hydrogen) atoms. The summed E-state index contributed by atoms with van der Waals surface area (Å²) in [4.78, 5) is 4.14. The van der Waals surface area contributed by atoms with Crippen molar-refractivity contribution < 1.29 is 8.42 Å². The summed E-state index contributed by atoms with van der Waals surface area (Å²) in [5.74, 6) is 0. The second kappa shape index (κ2) is 6.17. The SMILES string of the molecule is Cc1ccc(S(=O)(=O)NCCn2ccnc2)cc1CN. The quantitative estimate of drug-likeness (QED) is 0.817. The van der Waals surface area contributed by atoms with Crippen LogP contribution in [0.5, 0.6) is 0 Å². The largest absolute Gasteiger partial charge is 0.336 e. The number of hydrogen-bond acceptors (Lipinski definition) is 4. The number of hydrogen-bond donors (Lipinski definition) is 2. The molecule has 6 nitrogen and oxygen atoms in total. The van der Waals surface area contributed by atoms with Gasteiger partial charge in [-0.05, 0) is 30.2 Å². The van der Waals surface area contributed by atoms with Crippen LogP contribution in [0.2, 0.25) is 0 Å². The van der Waals surface area contributed by atoms with E-state index in [1.165, 1.54) is 0 Å². The van der Waals surface area contributed by atoms with Gasteiger partial charge in [0.1, 0.15) is 0 Å². The highest BCUT2D eigenvalue weighted by atomic mass is 32.2. The molecule has 0 aliphatic rings. The molecule has 1 heterocycles. The third-order valence-electron chi connectivity index (χ3n) is 3.07. The lowest BCUT2D eigenvalue weighted by Gasteiger charge is -2.10. The summed E-state index contributed by atoms with van der Waals surface area (Å²) in [6.07, 6.45) is 5.08. The molecule has 0 aliphatic carbocycles. The Bertz CT molecular complexity index is 666. The fraction of sp³-hybridized carbons (Fsp3) is 0.308. The number of sulfonamides is 1. The molecule has 1 aromatic carbocycles. The average molecular weight is 294 g/mol. The maximum atomic E-state index is 12.2. The van der Waals surface area contributed by atoms with Gasteiger partial charge in [0.2, 0.25) is 10.0 Å². The van der Waals surface area contributed by atoms with Gasteiger partial charge in [0, 0.05) is 32.0 Å². The molecule has 0 saturated heterocycles. The van der Waals surface area contributed by atoms with Gasteiger partial charge in [0.05, 0.1) is 11.2 Å². The first-order valence-electron chi connectivity index (χ1n) is 6.28. The predicted molar refractivity (Wildman–Crippen MR) is 76.5 cm³/mol. The Hall–Kier alpha value is -1.70. The van der Waals surface area contributed by atoms with Crippen molar-refractivity contribution in [1.82, 2.24) is 14.3 Å². The summed E-state index contributed by atoms with van der Waals surface area (Å²) in [7, 11) is -3.50. The zero-order valence-corrected chi connectivity index (χ0v) is 12.1. The fourth-order valence-electron chi connectivity index (χ4n) is 1.85. The minimum atomic E-state index is -3.50. The summed E-state index contributed by atoms with van der Waals surface area (Å²) in [6.45, 7) is 3.08. The average Bonchev–Trinajstić information content (AvgIpc) is 2.92. The minimum Gasteiger partial charge on any atom is -0.336 e. The van der Waals surface area contributed by atoms with Crippen molar-refractivity contribution in [3.63, 3.8) is 0 Å². The molecule has 1 aromatic heterocycles. The standard InChI is InChI=1S/C13H18N4O2S/c1-11-2-3-13(8-12(11)9-14)20(18,19)16-5-7-17-6-4-15-10-17/h2-4,6,8,10,16H,5,7,9,14H2,1H3. The van der Waals surface area contributed by atoms with Crippen molar-refractivity contribution in [3.05, 3.63) is 48.0 Å². The highest BCUT2D eigenvalue weighted by molar-refractivity contribution is 7.89. The number of nitrogens with two attached hydrogens (primary N) is 1. The highest BCUT2D eigenvalue weighted by Gasteiger charge is 2.14. The molecule has 108 valence electrons. The third-order valence-corrected chi connectivity index (χ3v) is 4.53. The van der Waals surface area contributed by atoms with E-state index >= 15 is 0 Å². The van der Waals surface area contributed by atoms with Crippen LogP contribution in [-0.4, -0.2) is 24.5 Å². The van der Waals surface area contributed by atoms with Crippen LogP contribution in [0, 0.1) is 6.92 Å². The molecule has 0 amide bonds. The van der Waals surface area contributed by atoms with Gasteiger partial charge in [-0.3, -0.25) is 0 Å². The lowest BCUT2D eigenvalue weighted by atomic mass is 10.1. The first-order chi connectivity index (χ1) is 9.53. The third kappa shape index (κ3) is 3.44. The molecule has 0 radical (unpaired) electrons. The van der Waals surface area contributed by atoms with E-state index in [1.807, 2.05) is 11.5 Å². The second-order valence-corrected chi connectivity index (χ2v) is 6.26. The van der Waals surface area contributed by atoms with Crippen LogP contribution in [-0.2, 0) is 23.1 Å². The lowest BCUT2D eigenvalue weighted by Crippen LogP contribution is -2.27. The van der Waals surface area contributed by atoms with Crippen molar-refractivity contribution in [1.29, 1.82) is 0 Å². The van der Waals surface area contributed by atoms with Crippen molar-refractivity contribution in [2.75, 3.05) is 6.54 Å². The van der Waals surface area contributed by atoms with Crippen LogP contribution in [0.3, 0.4) is 0 Å². The Morgan fingerprint density at radius 2 is 2.20 bits per heavy atom. The van der Waals surface area contributed by atoms with E-state index in [9.17, 15) is 8.42 Å². The van der Waals surface area contributed by atoms with E-state index < -0.39 is 10.0 Å². The molecule has 0 spiro atoms. The monoisotopic (exact) mass is 294 g/mol. The summed E-state index contributed by atoms with van der Waals surface area (Å²) in [6, 6.07) is 4.98. The molecule has 0 fully saturated rings. The highest BCUT2D eigenvalue weighted by Crippen LogP contribution is 2.15. The minimum absolute atomic E-state index is 0.245. The Morgan fingerprint density at radius 3 is 2.85 bits per heavy atom. The number of nitrogens with zero attached hydrogens (tertiary/aromatic N) is 2. The second-order valence-electron chi connectivity index (χ2n) is 4.49. The number of nitrogens with one attached hydrogen (secondary N) is 1. The van der Waals surface area contributed by atoms with Gasteiger partial charge in [-0.25, -0.2) is 18.1 Å². The number of aromatic nitrogens is 2. The Balaban J connectivity index is 2.06. The van der Waals surface area contributed by atoms with Crippen LogP contribution < -0.4 is 10.5 Å². The maximum absolute atomic E-state index is 12.2. The van der Waals surface area contributed by atoms with Crippen LogP contribution >= 0.6 is 0 Å². The number of aryl methyl sites for hydroxylation is 1. The predicted octanol–water partition coefficient (Wildman–Crippen LogP) is 0.629. The van der Waals surface area contributed by atoms with Gasteiger partial charge in [-0.2, -0.15) is 0 Å². The van der Waals surface area contributed by atoms with Crippen molar-refractivity contribution in [3.8, 4) is 0 Å². The van der Waals surface area contributed by atoms with Crippen LogP contribution in [0.25, 0.3) is 0 Å². The van der Waals surface area contributed by atoms with E-state index in [-0.39, 0.29) is 4.90 Å². The van der Waals surface area contributed by atoms with E-state index in [0.717, 1.165) is 11.1 Å². The van der Waals surface area contributed by atoms with Crippen molar-refractivity contribution in [2.24, 2.45) is 5.73 Å². The van der Waals surface area contributed by atoms with Gasteiger partial charge in [0.25, 0.3) is 0 Å². The first-order valence-corrected chi connectivity index (χ1v) is 7.76. The smallest absolute Gasteiger partial charge is 0.240 e. The summed E-state index contributed by atoms with van der Waals surface area (Å²) >= 11 is 0. The van der Waals surface area contributed by atoms with Gasteiger partial charge < -0.3 is 10.3 Å². The molecule has 0 unspecified atom stereocenters. The molecule has 2 rings (SSSR count). The number of rotatable bonds is 6. The van der Waals surface area contributed by atoms with Crippen LogP contribution in [0.15, 0.2) is 41.8 Å². The molecule has 0 aliphatic heterocycles. The lowest BCUT2D eigenvalue weighted by molar-refractivity contribution is 0.572. The molecule has 2 aromatic rings. The number of imidazole rings is 1. The zero-order valence-electron chi connectivity index (χ0n) is 11.3. The van der Waals surface area contributed by atoms with Gasteiger partial charge >= 0.3 is 0 Å². The molecule has 0 saturated carbocycles. The van der Waals surface area contributed by atoms with E-state index in [0.29, 0.717) is 19.6 Å². The van der Waals surface area contributed by atoms with Gasteiger partial charge in [-0.15, -0.1) is 0 Å². The molecular formula is C13H18N4O2S. The topological polar surface area (TPSA) is 90.0 Å². The molecule has 3 N–H and O–H groups in total. The van der Waals surface area contributed by atoms with Crippen molar-refractivity contribution >= 4 is 10.0 Å². The number of benzene rings is 1. The van der Waals surface area contributed by atoms with Crippen LogP contribution in [0.1, 0.15) is 11.1 Å². The molecule has 7 heteroatoms. The van der Waals surface area contributed by atoms with Gasteiger partial charge in [-0.1, -0.05) is 6.07 Å². The normalized spacial score (nSPS) is 11.7. The molecular weight excluding hydrogens is 276 g/mol. The molecule has 0 atom stereocenters. The Kier molecular flexibility index (Phi) is 4.53. The van der Waals surface area contributed by atoms with Crippen LogP contribution in [0.4, 0.5) is 0 Å². The summed E-state index contributed by atoms with van der Waals surface area (Å²) in [5.41, 5.74) is 7.43. The Morgan fingerprint density at radius 1 is 1.40 bits per heavy atom. The van der Waals surface area contributed by atoms with E-state index in [2.05, 4.69) is 9.71 Å². The van der Waals surface area contributed by atoms with Gasteiger partial charge in [0.15, 0.2) is 0 Å². The zero-order chi connectivity index (χ0) is 14.6. The molecule has 0 bridgehead atoms. The maximum Gasteiger partial charge on any atom is 0.240 e. The fourth-order valence-corrected chi connectivity index (χ4v) is 2.92. The summed E-state index contributed by atoms with van der Waals surface area (Å²) < 4.78 is 28.7. The first kappa shape index (κ1) is 14.7. The van der Waals surface area contributed by atoms with Crippen molar-refractivity contribution in [2.45, 2.75) is 24.9 Å². The van der Waals surface area contributed by atoms with E-state index in [4.69, 9.17) is 5.73 Å². The Labute approximate surface area is 118 Å². The van der Waals surface area contributed by atoms with E-state index in [1.54, 1.807) is 36.9 Å².